The van der Waals surface area contributed by atoms with Crippen molar-refractivity contribution < 1.29 is 19.1 Å². The Bertz CT molecular complexity index is 420. The molecule has 4 nitrogen and oxygen atoms in total. The number of carboxylic acids is 1. The molecule has 0 saturated carbocycles. The third-order valence-electron chi connectivity index (χ3n) is 2.45. The van der Waals surface area contributed by atoms with Crippen molar-refractivity contribution in [3.63, 3.8) is 0 Å². The summed E-state index contributed by atoms with van der Waals surface area (Å²) in [6.07, 6.45) is 1.24. The van der Waals surface area contributed by atoms with E-state index in [1.807, 2.05) is 0 Å². The van der Waals surface area contributed by atoms with Crippen molar-refractivity contribution in [1.29, 1.82) is 0 Å². The fourth-order valence-electron chi connectivity index (χ4n) is 1.51. The number of carboxylic acid groups (broad SMARTS) is 1. The molecule has 0 atom stereocenters. The molecule has 0 fully saturated rings. The summed E-state index contributed by atoms with van der Waals surface area (Å²) < 4.78 is 13.2. The maximum Gasteiger partial charge on any atom is 0.303 e. The number of amides is 1. The van der Waals surface area contributed by atoms with Gasteiger partial charge >= 0.3 is 5.97 Å². The monoisotopic (exact) mass is 253 g/mol. The van der Waals surface area contributed by atoms with Crippen molar-refractivity contribution in [2.75, 3.05) is 6.54 Å². The third kappa shape index (κ3) is 5.43. The van der Waals surface area contributed by atoms with Crippen molar-refractivity contribution in [3.05, 3.63) is 35.6 Å². The number of nitrogens with one attached hydrogen (secondary N) is 1. The van der Waals surface area contributed by atoms with Gasteiger partial charge in [0.15, 0.2) is 0 Å². The second kappa shape index (κ2) is 7.42. The van der Waals surface area contributed by atoms with Crippen LogP contribution in [0.1, 0.15) is 24.8 Å². The standard InChI is InChI=1S/C13H16FNO3/c14-11-6-2-1-5-10(11)9-12(16)15-8-4-3-7-13(17)18/h1-2,5-6H,3-4,7-9H2,(H,15,16)(H,17,18). The zero-order chi connectivity index (χ0) is 13.4. The molecule has 98 valence electrons. The number of benzene rings is 1. The lowest BCUT2D eigenvalue weighted by Crippen LogP contribution is -2.26. The molecule has 0 aliphatic heterocycles. The van der Waals surface area contributed by atoms with E-state index < -0.39 is 11.8 Å². The van der Waals surface area contributed by atoms with Crippen LogP contribution in [0, 0.1) is 5.82 Å². The Morgan fingerprint density at radius 1 is 1.22 bits per heavy atom. The fraction of sp³-hybridized carbons (Fsp3) is 0.385. The Morgan fingerprint density at radius 2 is 1.94 bits per heavy atom. The predicted octanol–water partition coefficient (Wildman–Crippen LogP) is 1.74. The minimum absolute atomic E-state index is 0.00556. The Hall–Kier alpha value is -1.91. The van der Waals surface area contributed by atoms with Crippen molar-refractivity contribution in [2.45, 2.75) is 25.7 Å². The van der Waals surface area contributed by atoms with Crippen molar-refractivity contribution >= 4 is 11.9 Å². The first-order valence-corrected chi connectivity index (χ1v) is 5.81. The van der Waals surface area contributed by atoms with E-state index in [2.05, 4.69) is 5.32 Å². The largest absolute Gasteiger partial charge is 0.481 e. The molecule has 1 aromatic rings. The second-order valence-electron chi connectivity index (χ2n) is 3.97. The smallest absolute Gasteiger partial charge is 0.303 e. The van der Waals surface area contributed by atoms with E-state index in [1.165, 1.54) is 6.07 Å². The van der Waals surface area contributed by atoms with Gasteiger partial charge in [-0.3, -0.25) is 9.59 Å². The summed E-state index contributed by atoms with van der Waals surface area (Å²) in [5.74, 6) is -1.48. The van der Waals surface area contributed by atoms with Crippen LogP contribution in [0.25, 0.3) is 0 Å². The average Bonchev–Trinajstić information content (AvgIpc) is 2.31. The number of unbranched alkanes of at least 4 members (excludes halogenated alkanes) is 1. The maximum atomic E-state index is 13.2. The van der Waals surface area contributed by atoms with E-state index in [0.717, 1.165) is 0 Å². The molecular weight excluding hydrogens is 237 g/mol. The van der Waals surface area contributed by atoms with Crippen molar-refractivity contribution in [2.24, 2.45) is 0 Å². The Labute approximate surface area is 105 Å². The lowest BCUT2D eigenvalue weighted by atomic mass is 10.1. The molecule has 0 aliphatic rings. The molecule has 2 N–H and O–H groups in total. The van der Waals surface area contributed by atoms with E-state index in [1.54, 1.807) is 18.2 Å². The second-order valence-corrected chi connectivity index (χ2v) is 3.97. The zero-order valence-electron chi connectivity index (χ0n) is 9.99. The van der Waals surface area contributed by atoms with Crippen molar-refractivity contribution in [3.8, 4) is 0 Å². The summed E-state index contributed by atoms with van der Waals surface area (Å²) >= 11 is 0. The van der Waals surface area contributed by atoms with Crippen LogP contribution in [0.15, 0.2) is 24.3 Å². The summed E-state index contributed by atoms with van der Waals surface area (Å²) in [5.41, 5.74) is 0.362. The van der Waals surface area contributed by atoms with E-state index in [0.29, 0.717) is 24.9 Å². The van der Waals surface area contributed by atoms with Gasteiger partial charge in [0.1, 0.15) is 5.82 Å². The van der Waals surface area contributed by atoms with Gasteiger partial charge < -0.3 is 10.4 Å². The maximum absolute atomic E-state index is 13.2. The summed E-state index contributed by atoms with van der Waals surface area (Å²) in [4.78, 5) is 21.7. The quantitative estimate of drug-likeness (QED) is 0.727. The van der Waals surface area contributed by atoms with E-state index >= 15 is 0 Å². The van der Waals surface area contributed by atoms with Gasteiger partial charge in [-0.1, -0.05) is 18.2 Å². The highest BCUT2D eigenvalue weighted by Gasteiger charge is 2.06. The van der Waals surface area contributed by atoms with E-state index in [4.69, 9.17) is 5.11 Å². The summed E-state index contributed by atoms with van der Waals surface area (Å²) in [5, 5.41) is 11.1. The molecule has 1 rings (SSSR count). The van der Waals surface area contributed by atoms with Gasteiger partial charge in [-0.2, -0.15) is 0 Å². The van der Waals surface area contributed by atoms with Crippen LogP contribution in [0.3, 0.4) is 0 Å². The SMILES string of the molecule is O=C(O)CCCCNC(=O)Cc1ccccc1F. The van der Waals surface area contributed by atoms with Gasteiger partial charge in [-0.25, -0.2) is 4.39 Å². The molecule has 0 saturated heterocycles. The van der Waals surface area contributed by atoms with Crippen LogP contribution in [-0.2, 0) is 16.0 Å². The number of rotatable bonds is 7. The molecule has 0 aromatic heterocycles. The normalized spacial score (nSPS) is 10.1. The Morgan fingerprint density at radius 3 is 2.61 bits per heavy atom. The molecule has 0 unspecified atom stereocenters. The lowest BCUT2D eigenvalue weighted by Gasteiger charge is -2.05. The molecular formula is C13H16FNO3. The first-order valence-electron chi connectivity index (χ1n) is 5.81. The summed E-state index contributed by atoms with van der Waals surface area (Å²) in [7, 11) is 0. The number of halogens is 1. The predicted molar refractivity (Wildman–Crippen MR) is 64.6 cm³/mol. The van der Waals surface area contributed by atoms with E-state index in [-0.39, 0.29) is 18.7 Å². The average molecular weight is 253 g/mol. The Balaban J connectivity index is 2.22. The fourth-order valence-corrected chi connectivity index (χ4v) is 1.51. The highest BCUT2D eigenvalue weighted by atomic mass is 19.1. The molecule has 5 heteroatoms. The van der Waals surface area contributed by atoms with Gasteiger partial charge in [-0.15, -0.1) is 0 Å². The lowest BCUT2D eigenvalue weighted by molar-refractivity contribution is -0.137. The first-order chi connectivity index (χ1) is 8.59. The van der Waals surface area contributed by atoms with E-state index in [9.17, 15) is 14.0 Å². The summed E-state index contributed by atoms with van der Waals surface area (Å²) in [6, 6.07) is 6.13. The molecule has 1 amide bonds. The number of carbonyl (C=O) groups is 2. The van der Waals surface area contributed by atoms with Crippen LogP contribution in [0.4, 0.5) is 4.39 Å². The molecule has 0 radical (unpaired) electrons. The molecule has 1 aromatic carbocycles. The number of aliphatic carboxylic acids is 1. The number of carbonyl (C=O) groups excluding carboxylic acids is 1. The van der Waals surface area contributed by atoms with Gasteiger partial charge in [0.2, 0.25) is 5.91 Å². The third-order valence-corrected chi connectivity index (χ3v) is 2.45. The first kappa shape index (κ1) is 14.2. The molecule has 0 heterocycles. The summed E-state index contributed by atoms with van der Waals surface area (Å²) in [6.45, 7) is 0.417. The van der Waals surface area contributed by atoms with Crippen LogP contribution in [0.5, 0.6) is 0 Å². The van der Waals surface area contributed by atoms with Gasteiger partial charge in [0, 0.05) is 13.0 Å². The van der Waals surface area contributed by atoms with Crippen LogP contribution >= 0.6 is 0 Å². The molecule has 0 aliphatic carbocycles. The number of hydrogen-bond donors (Lipinski definition) is 2. The molecule has 0 bridgehead atoms. The molecule has 0 spiro atoms. The highest BCUT2D eigenvalue weighted by molar-refractivity contribution is 5.78. The minimum Gasteiger partial charge on any atom is -0.481 e. The highest BCUT2D eigenvalue weighted by Crippen LogP contribution is 2.06. The van der Waals surface area contributed by atoms with Crippen LogP contribution in [0.2, 0.25) is 0 Å². The van der Waals surface area contributed by atoms with Crippen molar-refractivity contribution in [1.82, 2.24) is 5.32 Å². The minimum atomic E-state index is -0.840. The van der Waals surface area contributed by atoms with Gasteiger partial charge in [0.25, 0.3) is 0 Å². The molecule has 18 heavy (non-hydrogen) atoms. The topological polar surface area (TPSA) is 66.4 Å². The van der Waals surface area contributed by atoms with Crippen LogP contribution < -0.4 is 5.32 Å². The van der Waals surface area contributed by atoms with Gasteiger partial charge in [-0.05, 0) is 24.5 Å². The zero-order valence-corrected chi connectivity index (χ0v) is 9.99. The van der Waals surface area contributed by atoms with Gasteiger partial charge in [0.05, 0.1) is 6.42 Å². The number of hydrogen-bond acceptors (Lipinski definition) is 2. The Kier molecular flexibility index (Phi) is 5.84. The van der Waals surface area contributed by atoms with Crippen LogP contribution in [-0.4, -0.2) is 23.5 Å².